The predicted octanol–water partition coefficient (Wildman–Crippen LogP) is 1.32. The lowest BCUT2D eigenvalue weighted by Crippen LogP contribution is -2.47. The number of rotatable bonds is 4. The molecule has 2 aliphatic rings. The van der Waals surface area contributed by atoms with Crippen molar-refractivity contribution in [3.8, 4) is 0 Å². The summed E-state index contributed by atoms with van der Waals surface area (Å²) in [4.78, 5) is 42.4. The van der Waals surface area contributed by atoms with Crippen LogP contribution in [0.1, 0.15) is 16.7 Å². The molecule has 7 nitrogen and oxygen atoms in total. The summed E-state index contributed by atoms with van der Waals surface area (Å²) >= 11 is 0. The highest BCUT2D eigenvalue weighted by Crippen LogP contribution is 2.27. The first-order valence-electron chi connectivity index (χ1n) is 9.26. The van der Waals surface area contributed by atoms with Gasteiger partial charge in [-0.3, -0.25) is 19.4 Å². The average Bonchev–Trinajstić information content (AvgIpc) is 2.86. The molecule has 7 heteroatoms. The molecule has 28 heavy (non-hydrogen) atoms. The van der Waals surface area contributed by atoms with Gasteiger partial charge in [-0.05, 0) is 16.7 Å². The van der Waals surface area contributed by atoms with Gasteiger partial charge in [-0.2, -0.15) is 0 Å². The van der Waals surface area contributed by atoms with Gasteiger partial charge < -0.3 is 10.6 Å². The van der Waals surface area contributed by atoms with Crippen LogP contribution in [0.5, 0.6) is 0 Å². The summed E-state index contributed by atoms with van der Waals surface area (Å²) in [5.41, 5.74) is 8.31. The molecule has 0 bridgehead atoms. The van der Waals surface area contributed by atoms with Crippen LogP contribution in [0, 0.1) is 0 Å². The van der Waals surface area contributed by atoms with Gasteiger partial charge in [-0.25, -0.2) is 4.79 Å². The summed E-state index contributed by atoms with van der Waals surface area (Å²) in [6.45, 7) is 1.46. The van der Waals surface area contributed by atoms with Crippen LogP contribution in [0.25, 0.3) is 0 Å². The topological polar surface area (TPSA) is 87.0 Å². The SMILES string of the molecule is NC(=O)CN1Cc2ccccc2CN2C(=O)N(Cc3ccccc3)C(=O)C2C1. The minimum Gasteiger partial charge on any atom is -0.369 e. The van der Waals surface area contributed by atoms with Crippen molar-refractivity contribution < 1.29 is 14.4 Å². The van der Waals surface area contributed by atoms with Gasteiger partial charge in [0.25, 0.3) is 5.91 Å². The van der Waals surface area contributed by atoms with E-state index in [4.69, 9.17) is 5.73 Å². The maximum Gasteiger partial charge on any atom is 0.328 e. The molecule has 0 aliphatic carbocycles. The summed E-state index contributed by atoms with van der Waals surface area (Å²) in [6.07, 6.45) is 0. The maximum absolute atomic E-state index is 13.1. The number of benzene rings is 2. The number of nitrogens with two attached hydrogens (primary N) is 1. The fourth-order valence-corrected chi connectivity index (χ4v) is 3.90. The molecule has 0 radical (unpaired) electrons. The standard InChI is InChI=1S/C21H22N4O3/c22-19(26)14-23-11-16-8-4-5-9-17(16)12-24-18(13-23)20(27)25(21(24)28)10-15-6-2-1-3-7-15/h1-9,18H,10-14H2,(H2,22,26). The molecule has 4 amide bonds. The van der Waals surface area contributed by atoms with Crippen LogP contribution in [0.4, 0.5) is 4.79 Å². The predicted molar refractivity (Wildman–Crippen MR) is 103 cm³/mol. The van der Waals surface area contributed by atoms with Crippen molar-refractivity contribution in [2.75, 3.05) is 13.1 Å². The van der Waals surface area contributed by atoms with Gasteiger partial charge >= 0.3 is 6.03 Å². The van der Waals surface area contributed by atoms with Crippen molar-refractivity contribution in [1.82, 2.24) is 14.7 Å². The summed E-state index contributed by atoms with van der Waals surface area (Å²) in [5.74, 6) is -0.690. The second kappa shape index (κ2) is 7.44. The summed E-state index contributed by atoms with van der Waals surface area (Å²) in [6, 6.07) is 16.3. The Morgan fingerprint density at radius 1 is 0.964 bits per heavy atom. The van der Waals surface area contributed by atoms with Crippen LogP contribution < -0.4 is 5.73 Å². The molecule has 1 atom stereocenters. The fourth-order valence-electron chi connectivity index (χ4n) is 3.90. The molecule has 2 heterocycles. The number of urea groups is 1. The second-order valence-electron chi connectivity index (χ2n) is 7.24. The Kier molecular flexibility index (Phi) is 4.83. The van der Waals surface area contributed by atoms with Crippen molar-refractivity contribution in [2.24, 2.45) is 5.73 Å². The number of hydrogen-bond donors (Lipinski definition) is 1. The van der Waals surface area contributed by atoms with Gasteiger partial charge in [0, 0.05) is 19.6 Å². The van der Waals surface area contributed by atoms with Gasteiger partial charge in [0.1, 0.15) is 6.04 Å². The van der Waals surface area contributed by atoms with Gasteiger partial charge in [-0.1, -0.05) is 54.6 Å². The van der Waals surface area contributed by atoms with E-state index in [0.29, 0.717) is 13.1 Å². The van der Waals surface area contributed by atoms with E-state index in [1.807, 2.05) is 59.5 Å². The molecule has 0 saturated carbocycles. The van der Waals surface area contributed by atoms with Crippen molar-refractivity contribution >= 4 is 17.8 Å². The van der Waals surface area contributed by atoms with Gasteiger partial charge in [0.2, 0.25) is 5.91 Å². The van der Waals surface area contributed by atoms with Gasteiger partial charge in [0.15, 0.2) is 0 Å². The van der Waals surface area contributed by atoms with Crippen LogP contribution in [-0.2, 0) is 29.2 Å². The number of fused-ring (bicyclic) bond motifs is 2. The zero-order valence-electron chi connectivity index (χ0n) is 15.5. The van der Waals surface area contributed by atoms with Crippen molar-refractivity contribution in [1.29, 1.82) is 0 Å². The Balaban J connectivity index is 1.66. The quantitative estimate of drug-likeness (QED) is 0.813. The van der Waals surface area contributed by atoms with Crippen LogP contribution >= 0.6 is 0 Å². The zero-order valence-corrected chi connectivity index (χ0v) is 15.5. The lowest BCUT2D eigenvalue weighted by atomic mass is 10.0. The van der Waals surface area contributed by atoms with Crippen LogP contribution in [0.15, 0.2) is 54.6 Å². The Morgan fingerprint density at radius 3 is 2.29 bits per heavy atom. The van der Waals surface area contributed by atoms with Crippen molar-refractivity contribution in [3.05, 3.63) is 71.3 Å². The molecule has 0 spiro atoms. The van der Waals surface area contributed by atoms with Crippen molar-refractivity contribution in [3.63, 3.8) is 0 Å². The molecule has 2 aromatic carbocycles. The third-order valence-electron chi connectivity index (χ3n) is 5.25. The molecular weight excluding hydrogens is 356 g/mol. The number of imide groups is 1. The number of carbonyl (C=O) groups excluding carboxylic acids is 3. The Hall–Kier alpha value is -3.19. The molecule has 1 fully saturated rings. The molecule has 4 rings (SSSR count). The van der Waals surface area contributed by atoms with E-state index in [2.05, 4.69) is 0 Å². The first-order chi connectivity index (χ1) is 13.5. The highest BCUT2D eigenvalue weighted by atomic mass is 16.2. The third-order valence-corrected chi connectivity index (χ3v) is 5.25. The molecule has 1 unspecified atom stereocenters. The molecule has 2 N–H and O–H groups in total. The number of carbonyl (C=O) groups is 3. The number of hydrogen-bond acceptors (Lipinski definition) is 4. The number of amides is 4. The van der Waals surface area contributed by atoms with Gasteiger partial charge in [-0.15, -0.1) is 0 Å². The maximum atomic E-state index is 13.1. The molecule has 1 saturated heterocycles. The van der Waals surface area contributed by atoms with E-state index in [1.54, 1.807) is 4.90 Å². The Morgan fingerprint density at radius 2 is 1.61 bits per heavy atom. The summed E-state index contributed by atoms with van der Waals surface area (Å²) in [7, 11) is 0. The lowest BCUT2D eigenvalue weighted by molar-refractivity contribution is -0.130. The van der Waals surface area contributed by atoms with E-state index in [-0.39, 0.29) is 31.6 Å². The summed E-state index contributed by atoms with van der Waals surface area (Å²) in [5, 5.41) is 0. The summed E-state index contributed by atoms with van der Waals surface area (Å²) < 4.78 is 0. The molecule has 2 aromatic rings. The second-order valence-corrected chi connectivity index (χ2v) is 7.24. The molecular formula is C21H22N4O3. The Labute approximate surface area is 163 Å². The van der Waals surface area contributed by atoms with E-state index in [9.17, 15) is 14.4 Å². The van der Waals surface area contributed by atoms with E-state index in [0.717, 1.165) is 16.7 Å². The van der Waals surface area contributed by atoms with Crippen LogP contribution in [0.3, 0.4) is 0 Å². The van der Waals surface area contributed by atoms with Crippen LogP contribution in [0.2, 0.25) is 0 Å². The smallest absolute Gasteiger partial charge is 0.328 e. The van der Waals surface area contributed by atoms with E-state index in [1.165, 1.54) is 4.90 Å². The third kappa shape index (κ3) is 3.48. The Bertz CT molecular complexity index is 915. The number of primary amides is 1. The lowest BCUT2D eigenvalue weighted by Gasteiger charge is -2.32. The minimum absolute atomic E-state index is 0.0405. The zero-order chi connectivity index (χ0) is 19.7. The fraction of sp³-hybridized carbons (Fsp3) is 0.286. The molecule has 144 valence electrons. The first-order valence-corrected chi connectivity index (χ1v) is 9.26. The highest BCUT2D eigenvalue weighted by Gasteiger charge is 2.46. The molecule has 0 aromatic heterocycles. The average molecular weight is 378 g/mol. The van der Waals surface area contributed by atoms with E-state index < -0.39 is 11.9 Å². The largest absolute Gasteiger partial charge is 0.369 e. The van der Waals surface area contributed by atoms with Crippen molar-refractivity contribution in [2.45, 2.75) is 25.7 Å². The van der Waals surface area contributed by atoms with Crippen LogP contribution in [-0.4, -0.2) is 51.7 Å². The number of nitrogens with zero attached hydrogens (tertiary/aromatic N) is 3. The molecule has 2 aliphatic heterocycles. The highest BCUT2D eigenvalue weighted by molar-refractivity contribution is 6.04. The monoisotopic (exact) mass is 378 g/mol. The first kappa shape index (κ1) is 18.2. The van der Waals surface area contributed by atoms with E-state index >= 15 is 0 Å². The minimum atomic E-state index is -0.621. The van der Waals surface area contributed by atoms with Gasteiger partial charge in [0.05, 0.1) is 13.1 Å². The normalized spacial score (nSPS) is 19.8.